The van der Waals surface area contributed by atoms with E-state index in [0.29, 0.717) is 24.5 Å². The maximum atomic E-state index is 13.2. The van der Waals surface area contributed by atoms with Crippen molar-refractivity contribution >= 4 is 22.4 Å². The number of rotatable bonds is 4. The largest absolute Gasteiger partial charge is 0.493 e. The Morgan fingerprint density at radius 2 is 1.90 bits per heavy atom. The first-order chi connectivity index (χ1) is 14.7. The van der Waals surface area contributed by atoms with E-state index >= 15 is 0 Å². The number of aromatic amines is 1. The molecule has 4 aromatic rings. The van der Waals surface area contributed by atoms with Crippen molar-refractivity contribution < 1.29 is 9.53 Å². The first kappa shape index (κ1) is 18.2. The number of carbonyl (C=O) groups is 1. The number of H-pyrrole nitrogens is 1. The zero-order chi connectivity index (χ0) is 20.5. The second-order valence-corrected chi connectivity index (χ2v) is 7.30. The molecule has 1 amide bonds. The summed E-state index contributed by atoms with van der Waals surface area (Å²) in [5.74, 6) is 0.367. The van der Waals surface area contributed by atoms with Gasteiger partial charge in [-0.2, -0.15) is 5.10 Å². The number of nitrogens with zero attached hydrogens (tertiary/aromatic N) is 3. The molecule has 6 heteroatoms. The van der Waals surface area contributed by atoms with Crippen LogP contribution in [-0.4, -0.2) is 45.8 Å². The molecule has 0 bridgehead atoms. The van der Waals surface area contributed by atoms with Crippen molar-refractivity contribution in [3.05, 3.63) is 84.3 Å². The van der Waals surface area contributed by atoms with Crippen molar-refractivity contribution in [3.8, 4) is 11.4 Å². The Balaban J connectivity index is 1.39. The van der Waals surface area contributed by atoms with Gasteiger partial charge in [-0.15, -0.1) is 0 Å². The van der Waals surface area contributed by atoms with Crippen molar-refractivity contribution in [2.75, 3.05) is 20.2 Å². The lowest BCUT2D eigenvalue weighted by Crippen LogP contribution is -2.35. The SMILES string of the molecule is COc1cn(-c2ccccc2)nc1C(=O)N1CC=C(c2c[nH]c3ccccc23)CC1. The van der Waals surface area contributed by atoms with Crippen LogP contribution in [0.5, 0.6) is 5.75 Å². The zero-order valence-corrected chi connectivity index (χ0v) is 16.7. The van der Waals surface area contributed by atoms with Gasteiger partial charge >= 0.3 is 0 Å². The van der Waals surface area contributed by atoms with E-state index in [2.05, 4.69) is 34.5 Å². The van der Waals surface area contributed by atoms with Crippen LogP contribution in [0, 0.1) is 0 Å². The van der Waals surface area contributed by atoms with Gasteiger partial charge in [0, 0.05) is 35.8 Å². The average Bonchev–Trinajstić information content (AvgIpc) is 3.44. The third-order valence-electron chi connectivity index (χ3n) is 5.56. The lowest BCUT2D eigenvalue weighted by molar-refractivity contribution is 0.0763. The van der Waals surface area contributed by atoms with Crippen LogP contribution in [0.25, 0.3) is 22.2 Å². The van der Waals surface area contributed by atoms with E-state index in [1.807, 2.05) is 47.4 Å². The number of fused-ring (bicyclic) bond motifs is 1. The van der Waals surface area contributed by atoms with Crippen LogP contribution < -0.4 is 4.74 Å². The van der Waals surface area contributed by atoms with Gasteiger partial charge in [-0.3, -0.25) is 4.79 Å². The number of carbonyl (C=O) groups excluding carboxylic acids is 1. The van der Waals surface area contributed by atoms with Gasteiger partial charge in [-0.05, 0) is 30.2 Å². The van der Waals surface area contributed by atoms with Gasteiger partial charge in [0.05, 0.1) is 19.0 Å². The number of nitrogens with one attached hydrogen (secondary N) is 1. The van der Waals surface area contributed by atoms with Crippen LogP contribution in [0.15, 0.2) is 73.1 Å². The highest BCUT2D eigenvalue weighted by molar-refractivity contribution is 5.96. The van der Waals surface area contributed by atoms with Crippen LogP contribution in [0.3, 0.4) is 0 Å². The third-order valence-corrected chi connectivity index (χ3v) is 5.56. The number of ether oxygens (including phenoxy) is 1. The quantitative estimate of drug-likeness (QED) is 0.558. The number of benzene rings is 2. The molecule has 150 valence electrons. The topological polar surface area (TPSA) is 63.2 Å². The van der Waals surface area contributed by atoms with Crippen molar-refractivity contribution in [1.29, 1.82) is 0 Å². The molecule has 0 aliphatic carbocycles. The number of hydrogen-bond acceptors (Lipinski definition) is 3. The minimum Gasteiger partial charge on any atom is -0.493 e. The molecule has 2 aromatic heterocycles. The molecule has 0 atom stereocenters. The van der Waals surface area contributed by atoms with Gasteiger partial charge in [-0.25, -0.2) is 4.68 Å². The van der Waals surface area contributed by atoms with Gasteiger partial charge in [-0.1, -0.05) is 42.5 Å². The molecule has 1 aliphatic rings. The summed E-state index contributed by atoms with van der Waals surface area (Å²) in [7, 11) is 1.56. The van der Waals surface area contributed by atoms with E-state index in [9.17, 15) is 4.79 Å². The Morgan fingerprint density at radius 1 is 1.10 bits per heavy atom. The lowest BCUT2D eigenvalue weighted by Gasteiger charge is -2.26. The Hall–Kier alpha value is -3.80. The van der Waals surface area contributed by atoms with Crippen LogP contribution in [0.2, 0.25) is 0 Å². The van der Waals surface area contributed by atoms with Crippen LogP contribution >= 0.6 is 0 Å². The minimum atomic E-state index is -0.115. The van der Waals surface area contributed by atoms with Gasteiger partial charge in [0.1, 0.15) is 0 Å². The highest BCUT2D eigenvalue weighted by Crippen LogP contribution is 2.30. The van der Waals surface area contributed by atoms with E-state index in [0.717, 1.165) is 17.6 Å². The predicted molar refractivity (Wildman–Crippen MR) is 117 cm³/mol. The minimum absolute atomic E-state index is 0.115. The number of aromatic nitrogens is 3. The number of hydrogen-bond donors (Lipinski definition) is 1. The molecule has 0 fully saturated rings. The van der Waals surface area contributed by atoms with Gasteiger partial charge in [0.15, 0.2) is 11.4 Å². The summed E-state index contributed by atoms with van der Waals surface area (Å²) in [4.78, 5) is 18.3. The molecular formula is C24H22N4O2. The first-order valence-electron chi connectivity index (χ1n) is 9.98. The van der Waals surface area contributed by atoms with Crippen molar-refractivity contribution in [1.82, 2.24) is 19.7 Å². The van der Waals surface area contributed by atoms with Gasteiger partial charge < -0.3 is 14.6 Å². The molecule has 0 spiro atoms. The molecular weight excluding hydrogens is 376 g/mol. The fourth-order valence-corrected chi connectivity index (χ4v) is 3.95. The van der Waals surface area contributed by atoms with Crippen LogP contribution in [0.1, 0.15) is 22.5 Å². The van der Waals surface area contributed by atoms with Crippen LogP contribution in [0.4, 0.5) is 0 Å². The maximum absolute atomic E-state index is 13.2. The molecule has 30 heavy (non-hydrogen) atoms. The van der Waals surface area contributed by atoms with Crippen LogP contribution in [-0.2, 0) is 0 Å². The summed E-state index contributed by atoms with van der Waals surface area (Å²) in [6.07, 6.45) is 6.74. The second-order valence-electron chi connectivity index (χ2n) is 7.30. The van der Waals surface area contributed by atoms with E-state index in [1.54, 1.807) is 18.0 Å². The summed E-state index contributed by atoms with van der Waals surface area (Å²) >= 11 is 0. The van der Waals surface area contributed by atoms with Gasteiger partial charge in [0.2, 0.25) is 0 Å². The highest BCUT2D eigenvalue weighted by atomic mass is 16.5. The summed E-state index contributed by atoms with van der Waals surface area (Å²) in [6.45, 7) is 1.19. The Bertz CT molecular complexity index is 1240. The fraction of sp³-hybridized carbons (Fsp3) is 0.167. The highest BCUT2D eigenvalue weighted by Gasteiger charge is 2.26. The molecule has 0 saturated carbocycles. The predicted octanol–water partition coefficient (Wildman–Crippen LogP) is 4.29. The summed E-state index contributed by atoms with van der Waals surface area (Å²) in [5, 5.41) is 5.73. The number of methoxy groups -OCH3 is 1. The number of amides is 1. The molecule has 3 heterocycles. The van der Waals surface area contributed by atoms with Crippen molar-refractivity contribution in [2.24, 2.45) is 0 Å². The molecule has 0 radical (unpaired) electrons. The van der Waals surface area contributed by atoms with Crippen molar-refractivity contribution in [2.45, 2.75) is 6.42 Å². The number of para-hydroxylation sites is 2. The summed E-state index contributed by atoms with van der Waals surface area (Å²) in [5.41, 5.74) is 4.82. The van der Waals surface area contributed by atoms with Gasteiger partial charge in [0.25, 0.3) is 5.91 Å². The Labute approximate surface area is 174 Å². The van der Waals surface area contributed by atoms with E-state index in [-0.39, 0.29) is 5.91 Å². The molecule has 6 nitrogen and oxygen atoms in total. The third kappa shape index (κ3) is 3.16. The Kier molecular flexibility index (Phi) is 4.59. The smallest absolute Gasteiger partial charge is 0.278 e. The molecule has 0 unspecified atom stereocenters. The lowest BCUT2D eigenvalue weighted by atomic mass is 9.99. The monoisotopic (exact) mass is 398 g/mol. The molecule has 1 N–H and O–H groups in total. The maximum Gasteiger partial charge on any atom is 0.278 e. The molecule has 2 aromatic carbocycles. The first-order valence-corrected chi connectivity index (χ1v) is 9.98. The zero-order valence-electron chi connectivity index (χ0n) is 16.7. The summed E-state index contributed by atoms with van der Waals surface area (Å²) < 4.78 is 7.12. The Morgan fingerprint density at radius 3 is 2.67 bits per heavy atom. The van der Waals surface area contributed by atoms with Crippen molar-refractivity contribution in [3.63, 3.8) is 0 Å². The second kappa shape index (κ2) is 7.55. The van der Waals surface area contributed by atoms with E-state index in [4.69, 9.17) is 4.74 Å². The standard InChI is InChI=1S/C24H22N4O2/c1-30-22-16-28(18-7-3-2-4-8-18)26-23(22)24(29)27-13-11-17(12-14-27)20-15-25-21-10-6-5-9-19(20)21/h2-11,15-16,25H,12-14H2,1H3. The molecule has 0 saturated heterocycles. The molecule has 1 aliphatic heterocycles. The average molecular weight is 398 g/mol. The van der Waals surface area contributed by atoms with E-state index in [1.165, 1.54) is 16.5 Å². The molecule has 5 rings (SSSR count). The fourth-order valence-electron chi connectivity index (χ4n) is 3.95. The normalized spacial score (nSPS) is 14.0. The van der Waals surface area contributed by atoms with E-state index < -0.39 is 0 Å². The summed E-state index contributed by atoms with van der Waals surface area (Å²) in [6, 6.07) is 18.0.